The van der Waals surface area contributed by atoms with Gasteiger partial charge in [-0.15, -0.1) is 0 Å². The second-order valence-electron chi connectivity index (χ2n) is 35.9. The predicted molar refractivity (Wildman–Crippen MR) is 481 cm³/mol. The van der Waals surface area contributed by atoms with E-state index in [1.807, 2.05) is 51.0 Å². The zero-order valence-corrected chi connectivity index (χ0v) is 76.7. The van der Waals surface area contributed by atoms with E-state index in [0.29, 0.717) is 50.3 Å². The lowest BCUT2D eigenvalue weighted by Gasteiger charge is -2.46. The van der Waals surface area contributed by atoms with Crippen molar-refractivity contribution in [1.29, 1.82) is 0 Å². The number of carboxylic acids is 1. The minimum atomic E-state index is -3.67. The second-order valence-corrected chi connectivity index (χ2v) is 38.8. The summed E-state index contributed by atoms with van der Waals surface area (Å²) in [5, 5.41) is 151. The average Bonchev–Trinajstić information content (AvgIpc) is 0.755. The summed E-state index contributed by atoms with van der Waals surface area (Å²) >= 11 is 14.6. The van der Waals surface area contributed by atoms with Crippen LogP contribution in [-0.2, 0) is 71.9 Å². The number of sulfone groups is 1. The number of rotatable bonds is 26. The Balaban J connectivity index is 0.899. The van der Waals surface area contributed by atoms with E-state index in [4.69, 9.17) is 72.6 Å². The predicted octanol–water partition coefficient (Wildman–Crippen LogP) is 6.78. The lowest BCUT2D eigenvalue weighted by atomic mass is 9.84. The van der Waals surface area contributed by atoms with Crippen molar-refractivity contribution in [1.82, 2.24) is 21.3 Å². The first-order valence-electron chi connectivity index (χ1n) is 44.3. The molecular formula is C94H113Cl2N7O30S. The van der Waals surface area contributed by atoms with Crippen LogP contribution in [-0.4, -0.2) is 241 Å². The van der Waals surface area contributed by atoms with Crippen molar-refractivity contribution in [3.8, 4) is 57.1 Å². The SMILES string of the molecule is CC[C@H](CC(C)C)C(=O)N[C@H]1C(=O)C[C@@H](CC(N)=O)C(=O)N[C@H]2C(=O)C[C@H]3C(=O)N[C@H](C(=O)N[C@@H](C(=O)O)c4cc(O)cc(O)c4-c4cc3ccc4O)[C@H](OC3C[C@](C)(N)[C@@H](O)[C@H](C)O3)c3ccc(c(Cl)c3)Oc3cc2cc(c3O[C@@H]2O[C@H](CO)[C@@H](O[C@@H]3O[C@H](CCCCCCCCS(=O)(=O)c4cccc5c(N(C)C)cccc45)[C@H](O)[C@H](O)[C@H]3O)[C@H](O)[C@H]2O)Oc2ccc(cc2Cl)[C@H]1O. The van der Waals surface area contributed by atoms with Crippen LogP contribution in [0.5, 0.6) is 46.0 Å². The molecule has 5 amide bonds. The third kappa shape index (κ3) is 22.3. The van der Waals surface area contributed by atoms with Gasteiger partial charge in [0.2, 0.25) is 41.6 Å². The Morgan fingerprint density at radius 3 is 1.94 bits per heavy atom. The molecule has 724 valence electrons. The van der Waals surface area contributed by atoms with Crippen molar-refractivity contribution >= 4 is 96.6 Å². The number of benzene rings is 7. The van der Waals surface area contributed by atoms with Gasteiger partial charge in [0.15, 0.2) is 51.5 Å². The topological polar surface area (TPSA) is 591 Å². The number of phenolic OH excluding ortho intramolecular Hbond substituents is 3. The Morgan fingerprint density at radius 2 is 1.30 bits per heavy atom. The first-order valence-corrected chi connectivity index (χ1v) is 46.7. The van der Waals surface area contributed by atoms with Crippen LogP contribution in [0.15, 0.2) is 120 Å². The van der Waals surface area contributed by atoms with Gasteiger partial charge >= 0.3 is 5.97 Å². The number of fused-ring (bicyclic) bond motifs is 16. The number of ether oxygens (including phenoxy) is 8. The lowest BCUT2D eigenvalue weighted by molar-refractivity contribution is -0.351. The number of nitrogens with two attached hydrogens (primary N) is 2. The van der Waals surface area contributed by atoms with Gasteiger partial charge in [0.1, 0.15) is 102 Å². The first kappa shape index (κ1) is 101. The molecule has 0 saturated carbocycles. The Bertz CT molecular complexity index is 5670. The van der Waals surface area contributed by atoms with E-state index in [2.05, 4.69) is 21.3 Å². The van der Waals surface area contributed by atoms with Crippen molar-refractivity contribution in [3.05, 3.63) is 153 Å². The van der Waals surface area contributed by atoms with E-state index in [1.165, 1.54) is 38.1 Å². The minimum Gasteiger partial charge on any atom is -0.508 e. The average molecular weight is 1920 g/mol. The van der Waals surface area contributed by atoms with E-state index in [9.17, 15) is 84.1 Å². The molecule has 37 nitrogen and oxygen atoms in total. The summed E-state index contributed by atoms with van der Waals surface area (Å²) in [6, 6.07) is 16.2. The summed E-state index contributed by atoms with van der Waals surface area (Å²) in [6.45, 7) is 7.29. The van der Waals surface area contributed by atoms with Crippen molar-refractivity contribution in [2.24, 2.45) is 29.2 Å². The quantitative estimate of drug-likeness (QED) is 0.0248. The highest BCUT2D eigenvalue weighted by Gasteiger charge is 2.53. The maximum absolute atomic E-state index is 16.6. The van der Waals surface area contributed by atoms with Crippen molar-refractivity contribution in [2.45, 2.75) is 251 Å². The lowest BCUT2D eigenvalue weighted by Crippen LogP contribution is -2.64. The summed E-state index contributed by atoms with van der Waals surface area (Å²) < 4.78 is 79.1. The molecule has 3 saturated heterocycles. The number of carbonyl (C=O) groups excluding carboxylic acids is 7. The number of anilines is 1. The van der Waals surface area contributed by atoms with Gasteiger partial charge in [-0.2, -0.15) is 0 Å². The highest BCUT2D eigenvalue weighted by Crippen LogP contribution is 2.51. The van der Waals surface area contributed by atoms with Gasteiger partial charge in [-0.3, -0.25) is 33.6 Å². The maximum atomic E-state index is 16.6. The molecule has 20 N–H and O–H groups in total. The molecule has 7 aromatic rings. The molecule has 11 bridgehead atoms. The fraction of sp³-hybridized carbons (Fsp3) is 0.489. The molecule has 0 radical (unpaired) electrons. The molecule has 7 aromatic carbocycles. The molecule has 0 aromatic heterocycles. The number of phenols is 3. The van der Waals surface area contributed by atoms with Crippen molar-refractivity contribution in [3.63, 3.8) is 0 Å². The van der Waals surface area contributed by atoms with Crippen LogP contribution in [0.1, 0.15) is 176 Å². The number of aliphatic carboxylic acids is 1. The standard InChI is InChI=1S/C94H113Cl2N7O30S/c1-8-44(29-42(2)3)87(118)101-75-61(108)33-49(36-70(97)110)88(119)99-73-48-34-66(127-63-26-23-46(77(75)111)31-56(63)95)84(132-93-82(116)80(114)85(68(41-104)130-93)133-92-81(115)79(113)78(112)65(129-92)20-13-11-9-10-12-14-28-134(124,125)69-21-16-17-51-52(69)18-15-19-58(51)103(6)7)67(35-48)128-64-27-24-47(32-57(64)96)83(131-71-40-94(5,98)86(117)43(4)126-71)76-90(121)100-74(91(122)123)55-37-50(105)38-60(107)72(55)54-30-45(22-25-59(54)106)53(39-62(73)109)89(120)102-76/h15-19,21-27,30-32,34-35,37-38,42-44,49,53,65,68,71,73-83,85-86,92-93,104-107,111-117H,8-14,20,28-29,33,36,39-41,98H2,1-7H3,(H2,97,110)(H,99,119)(H,100,121)(H,101,118)(H,102,120)(H,122,123)/t43-,44+,49-,53+,65+,68+,71?,73+,74+,75-,76-,77+,78-,79-,80+,81+,82+,83+,85+,86-,92-,93-,94-/m0/s1. The number of nitrogens with zero attached hydrogens (tertiary/aromatic N) is 1. The Kier molecular flexibility index (Phi) is 32.0. The van der Waals surface area contributed by atoms with Crippen LogP contribution in [0.2, 0.25) is 10.0 Å². The van der Waals surface area contributed by atoms with Crippen LogP contribution in [0.4, 0.5) is 5.69 Å². The number of hydrogen-bond donors (Lipinski definition) is 18. The smallest absolute Gasteiger partial charge is 0.330 e. The molecular weight excluding hydrogens is 1810 g/mol. The summed E-state index contributed by atoms with van der Waals surface area (Å²) in [5.41, 5.74) is 9.38. The monoisotopic (exact) mass is 1920 g/mol. The summed E-state index contributed by atoms with van der Waals surface area (Å²) in [6.07, 6.45) is -27.1. The number of nitrogens with one attached hydrogen (secondary N) is 4. The van der Waals surface area contributed by atoms with E-state index >= 15 is 24.0 Å². The van der Waals surface area contributed by atoms with Crippen LogP contribution in [0, 0.1) is 17.8 Å². The number of carbonyl (C=O) groups is 8. The Hall–Kier alpha value is -10.5. The number of Topliss-reactive ketones (excluding diaryl/α,β-unsaturated/α-hetero) is 2. The van der Waals surface area contributed by atoms with Gasteiger partial charge in [0, 0.05) is 90.5 Å². The number of hydrogen-bond acceptors (Lipinski definition) is 31. The number of amides is 5. The number of unbranched alkanes of at least 4 members (excludes halogenated alkanes) is 5. The van der Waals surface area contributed by atoms with E-state index in [-0.39, 0.29) is 63.3 Å². The fourth-order valence-corrected chi connectivity index (χ4v) is 20.2. The van der Waals surface area contributed by atoms with Gasteiger partial charge in [-0.05, 0) is 134 Å². The normalized spacial score (nSPS) is 28.8. The Morgan fingerprint density at radius 1 is 0.664 bits per heavy atom. The second kappa shape index (κ2) is 42.4. The highest BCUT2D eigenvalue weighted by molar-refractivity contribution is 7.91. The van der Waals surface area contributed by atoms with Crippen LogP contribution in [0.3, 0.4) is 0 Å². The summed E-state index contributed by atoms with van der Waals surface area (Å²) in [5.74, 6) is -20.0. The van der Waals surface area contributed by atoms with Gasteiger partial charge in [-0.25, -0.2) is 13.2 Å². The largest absolute Gasteiger partial charge is 0.508 e. The number of carboxylic acid groups (broad SMARTS) is 1. The van der Waals surface area contributed by atoms with Crippen molar-refractivity contribution < 1.29 is 146 Å². The van der Waals surface area contributed by atoms with Crippen LogP contribution < -0.4 is 51.8 Å². The van der Waals surface area contributed by atoms with Crippen molar-refractivity contribution in [2.75, 3.05) is 31.4 Å². The third-order valence-corrected chi connectivity index (χ3v) is 27.8. The summed E-state index contributed by atoms with van der Waals surface area (Å²) in [7, 11) is 0.0897. The van der Waals surface area contributed by atoms with Gasteiger partial charge in [0.05, 0.1) is 57.4 Å². The summed E-state index contributed by atoms with van der Waals surface area (Å²) in [4.78, 5) is 123. The molecule has 8 aliphatic heterocycles. The van der Waals surface area contributed by atoms with E-state index in [0.717, 1.165) is 65.7 Å². The van der Waals surface area contributed by atoms with Gasteiger partial charge < -0.3 is 137 Å². The number of halogens is 2. The zero-order chi connectivity index (χ0) is 97.1. The molecule has 40 heteroatoms. The van der Waals surface area contributed by atoms with Crippen LogP contribution in [0.25, 0.3) is 21.9 Å². The van der Waals surface area contributed by atoms with Crippen LogP contribution >= 0.6 is 23.2 Å². The number of ketones is 2. The number of aliphatic hydroxyl groups excluding tert-OH is 8. The van der Waals surface area contributed by atoms with Gasteiger partial charge in [-0.1, -0.05) is 119 Å². The molecule has 134 heavy (non-hydrogen) atoms. The maximum Gasteiger partial charge on any atom is 0.330 e. The molecule has 1 unspecified atom stereocenters. The molecule has 8 heterocycles. The molecule has 3 fully saturated rings. The third-order valence-electron chi connectivity index (χ3n) is 25.4. The van der Waals surface area contributed by atoms with E-state index < -0.39 is 290 Å². The molecule has 8 aliphatic rings. The zero-order valence-electron chi connectivity index (χ0n) is 74.3. The highest BCUT2D eigenvalue weighted by atomic mass is 35.5. The molecule has 15 rings (SSSR count). The first-order chi connectivity index (χ1) is 63.4. The Labute approximate surface area is 781 Å². The van der Waals surface area contributed by atoms with E-state index in [1.54, 1.807) is 25.1 Å². The fourth-order valence-electron chi connectivity index (χ4n) is 18.2. The molecule has 0 spiro atoms. The minimum absolute atomic E-state index is 0.0522. The molecule has 23 atom stereocenters. The molecule has 0 aliphatic carbocycles. The number of aliphatic hydroxyl groups is 8. The van der Waals surface area contributed by atoms with Gasteiger partial charge in [0.25, 0.3) is 0 Å². The number of primary amides is 1. The number of aromatic hydroxyl groups is 3.